The zero-order valence-electron chi connectivity index (χ0n) is 14.9. The van der Waals surface area contributed by atoms with Crippen LogP contribution in [0.25, 0.3) is 11.1 Å². The normalized spacial score (nSPS) is 26.3. The summed E-state index contributed by atoms with van der Waals surface area (Å²) in [6.07, 6.45) is 8.37. The Morgan fingerprint density at radius 1 is 0.800 bits per heavy atom. The number of rotatable bonds is 2. The molecule has 2 aromatic carbocycles. The molecule has 4 rings (SSSR count). The van der Waals surface area contributed by atoms with Crippen LogP contribution in [0.15, 0.2) is 36.4 Å². The van der Waals surface area contributed by atoms with Crippen molar-refractivity contribution in [1.29, 1.82) is 0 Å². The predicted octanol–water partition coefficient (Wildman–Crippen LogP) is 6.56. The minimum Gasteiger partial charge on any atom is -0.207 e. The minimum atomic E-state index is -0.285. The lowest BCUT2D eigenvalue weighted by Crippen LogP contribution is -2.26. The van der Waals surface area contributed by atoms with Crippen LogP contribution in [-0.2, 0) is 12.8 Å². The first-order valence-electron chi connectivity index (χ1n) is 9.68. The van der Waals surface area contributed by atoms with E-state index >= 15 is 4.39 Å². The van der Waals surface area contributed by atoms with Gasteiger partial charge in [-0.1, -0.05) is 44.0 Å². The Morgan fingerprint density at radius 3 is 2.24 bits per heavy atom. The SMILES string of the molecule is CC1CCC(C2CCc3c(ccc(-c4ccc(F)cc4)c3F)C2)CC1. The molecule has 0 bridgehead atoms. The average Bonchev–Trinajstić information content (AvgIpc) is 2.63. The van der Waals surface area contributed by atoms with E-state index in [0.29, 0.717) is 5.56 Å². The van der Waals surface area contributed by atoms with Crippen molar-refractivity contribution >= 4 is 0 Å². The van der Waals surface area contributed by atoms with E-state index in [-0.39, 0.29) is 11.6 Å². The van der Waals surface area contributed by atoms with Gasteiger partial charge < -0.3 is 0 Å². The van der Waals surface area contributed by atoms with Crippen molar-refractivity contribution < 1.29 is 8.78 Å². The van der Waals surface area contributed by atoms with Crippen molar-refractivity contribution in [3.8, 4) is 11.1 Å². The molecule has 0 aliphatic heterocycles. The predicted molar refractivity (Wildman–Crippen MR) is 98.4 cm³/mol. The molecule has 2 aromatic rings. The van der Waals surface area contributed by atoms with Crippen LogP contribution < -0.4 is 0 Å². The Kier molecular flexibility index (Phi) is 4.62. The Hall–Kier alpha value is -1.70. The molecule has 132 valence electrons. The van der Waals surface area contributed by atoms with Crippen LogP contribution in [-0.4, -0.2) is 0 Å². The number of hydrogen-bond acceptors (Lipinski definition) is 0. The lowest BCUT2D eigenvalue weighted by Gasteiger charge is -2.36. The molecule has 2 heteroatoms. The van der Waals surface area contributed by atoms with Crippen LogP contribution in [0, 0.1) is 29.4 Å². The van der Waals surface area contributed by atoms with E-state index in [4.69, 9.17) is 0 Å². The maximum Gasteiger partial charge on any atom is 0.134 e. The lowest BCUT2D eigenvalue weighted by atomic mass is 9.70. The van der Waals surface area contributed by atoms with Gasteiger partial charge >= 0.3 is 0 Å². The highest BCUT2D eigenvalue weighted by atomic mass is 19.1. The monoisotopic (exact) mass is 340 g/mol. The Bertz CT molecular complexity index is 739. The highest BCUT2D eigenvalue weighted by molar-refractivity contribution is 5.66. The molecule has 1 fully saturated rings. The third kappa shape index (κ3) is 3.36. The van der Waals surface area contributed by atoms with E-state index in [1.807, 2.05) is 6.07 Å². The van der Waals surface area contributed by atoms with Crippen LogP contribution >= 0.6 is 0 Å². The van der Waals surface area contributed by atoms with Gasteiger partial charge in [-0.25, -0.2) is 8.78 Å². The highest BCUT2D eigenvalue weighted by Crippen LogP contribution is 2.41. The van der Waals surface area contributed by atoms with Gasteiger partial charge in [0.15, 0.2) is 0 Å². The van der Waals surface area contributed by atoms with Crippen molar-refractivity contribution in [3.05, 3.63) is 59.2 Å². The second-order valence-corrected chi connectivity index (χ2v) is 8.09. The van der Waals surface area contributed by atoms with Gasteiger partial charge in [0.1, 0.15) is 11.6 Å². The van der Waals surface area contributed by atoms with Crippen LogP contribution in [0.3, 0.4) is 0 Å². The molecule has 1 atom stereocenters. The Balaban J connectivity index is 1.56. The van der Waals surface area contributed by atoms with Crippen molar-refractivity contribution in [2.75, 3.05) is 0 Å². The summed E-state index contributed by atoms with van der Waals surface area (Å²) in [6, 6.07) is 10.1. The van der Waals surface area contributed by atoms with Crippen LogP contribution in [0.1, 0.15) is 50.2 Å². The standard InChI is InChI=1S/C23H26F2/c1-15-2-4-16(5-3-15)18-8-12-22-19(14-18)9-13-21(23(22)25)17-6-10-20(24)11-7-17/h6-7,9-11,13,15-16,18H,2-5,8,12,14H2,1H3. The van der Waals surface area contributed by atoms with Crippen molar-refractivity contribution in [3.63, 3.8) is 0 Å². The molecule has 0 N–H and O–H groups in total. The topological polar surface area (TPSA) is 0 Å². The van der Waals surface area contributed by atoms with Gasteiger partial charge in [0, 0.05) is 5.56 Å². The fraction of sp³-hybridized carbons (Fsp3) is 0.478. The summed E-state index contributed by atoms with van der Waals surface area (Å²) in [6.45, 7) is 2.36. The van der Waals surface area contributed by atoms with Crippen molar-refractivity contribution in [2.24, 2.45) is 17.8 Å². The number of fused-ring (bicyclic) bond motifs is 1. The summed E-state index contributed by atoms with van der Waals surface area (Å²) in [7, 11) is 0. The number of benzene rings is 2. The molecular weight excluding hydrogens is 314 g/mol. The molecule has 2 aliphatic carbocycles. The van der Waals surface area contributed by atoms with E-state index in [9.17, 15) is 4.39 Å². The fourth-order valence-corrected chi connectivity index (χ4v) is 4.85. The highest BCUT2D eigenvalue weighted by Gasteiger charge is 2.30. The van der Waals surface area contributed by atoms with Crippen molar-refractivity contribution in [2.45, 2.75) is 51.9 Å². The van der Waals surface area contributed by atoms with E-state index in [1.54, 1.807) is 12.1 Å². The van der Waals surface area contributed by atoms with E-state index < -0.39 is 0 Å². The Morgan fingerprint density at radius 2 is 1.52 bits per heavy atom. The smallest absolute Gasteiger partial charge is 0.134 e. The number of hydrogen-bond donors (Lipinski definition) is 0. The van der Waals surface area contributed by atoms with Gasteiger partial charge in [-0.05, 0) is 78.7 Å². The van der Waals surface area contributed by atoms with Crippen LogP contribution in [0.4, 0.5) is 8.78 Å². The minimum absolute atomic E-state index is 0.0974. The summed E-state index contributed by atoms with van der Waals surface area (Å²) < 4.78 is 28.2. The lowest BCUT2D eigenvalue weighted by molar-refractivity contribution is 0.196. The second kappa shape index (κ2) is 6.90. The van der Waals surface area contributed by atoms with Gasteiger partial charge in [0.2, 0.25) is 0 Å². The van der Waals surface area contributed by atoms with E-state index in [1.165, 1.54) is 43.4 Å². The van der Waals surface area contributed by atoms with Crippen molar-refractivity contribution in [1.82, 2.24) is 0 Å². The van der Waals surface area contributed by atoms with Gasteiger partial charge in [0.25, 0.3) is 0 Å². The third-order valence-corrected chi connectivity index (χ3v) is 6.47. The maximum atomic E-state index is 15.1. The largest absolute Gasteiger partial charge is 0.207 e. The van der Waals surface area contributed by atoms with Gasteiger partial charge in [-0.3, -0.25) is 0 Å². The van der Waals surface area contributed by atoms with Crippen LogP contribution in [0.5, 0.6) is 0 Å². The first-order valence-corrected chi connectivity index (χ1v) is 9.68. The fourth-order valence-electron chi connectivity index (χ4n) is 4.85. The summed E-state index contributed by atoms with van der Waals surface area (Å²) in [5.74, 6) is 2.04. The molecular formula is C23H26F2. The number of halogens is 2. The summed E-state index contributed by atoms with van der Waals surface area (Å²) >= 11 is 0. The molecule has 2 aliphatic rings. The first-order chi connectivity index (χ1) is 12.1. The van der Waals surface area contributed by atoms with E-state index in [2.05, 4.69) is 13.0 Å². The third-order valence-electron chi connectivity index (χ3n) is 6.47. The second-order valence-electron chi connectivity index (χ2n) is 8.09. The average molecular weight is 340 g/mol. The summed E-state index contributed by atoms with van der Waals surface area (Å²) in [4.78, 5) is 0. The van der Waals surface area contributed by atoms with Crippen LogP contribution in [0.2, 0.25) is 0 Å². The molecule has 0 saturated heterocycles. The first kappa shape index (κ1) is 16.8. The molecule has 0 spiro atoms. The van der Waals surface area contributed by atoms with Gasteiger partial charge in [0.05, 0.1) is 0 Å². The Labute approximate surface area is 149 Å². The molecule has 0 radical (unpaired) electrons. The van der Waals surface area contributed by atoms with Gasteiger partial charge in [-0.15, -0.1) is 0 Å². The summed E-state index contributed by atoms with van der Waals surface area (Å²) in [5.41, 5.74) is 3.44. The molecule has 0 aromatic heterocycles. The molecule has 1 unspecified atom stereocenters. The summed E-state index contributed by atoms with van der Waals surface area (Å²) in [5, 5.41) is 0. The maximum absolute atomic E-state index is 15.1. The molecule has 0 nitrogen and oxygen atoms in total. The molecule has 0 heterocycles. The zero-order valence-corrected chi connectivity index (χ0v) is 14.9. The molecule has 0 amide bonds. The molecule has 25 heavy (non-hydrogen) atoms. The molecule has 1 saturated carbocycles. The zero-order chi connectivity index (χ0) is 17.4. The van der Waals surface area contributed by atoms with E-state index in [0.717, 1.165) is 48.1 Å². The quantitative estimate of drug-likeness (QED) is 0.580. The van der Waals surface area contributed by atoms with Gasteiger partial charge in [-0.2, -0.15) is 0 Å².